The first-order chi connectivity index (χ1) is 8.24. The molecular formula is C13H16BrNO2. The zero-order chi connectivity index (χ0) is 12.1. The van der Waals surface area contributed by atoms with Crippen molar-refractivity contribution in [2.24, 2.45) is 5.92 Å². The topological polar surface area (TPSA) is 38.3 Å². The average Bonchev–Trinajstić information content (AvgIpc) is 2.79. The van der Waals surface area contributed by atoms with Crippen molar-refractivity contribution in [3.05, 3.63) is 34.3 Å². The van der Waals surface area contributed by atoms with Gasteiger partial charge in [-0.25, -0.2) is 0 Å². The van der Waals surface area contributed by atoms with E-state index in [4.69, 9.17) is 4.74 Å². The van der Waals surface area contributed by atoms with Gasteiger partial charge in [-0.3, -0.25) is 4.79 Å². The number of esters is 1. The van der Waals surface area contributed by atoms with Crippen LogP contribution in [-0.4, -0.2) is 19.1 Å². The van der Waals surface area contributed by atoms with Crippen molar-refractivity contribution < 1.29 is 9.53 Å². The summed E-state index contributed by atoms with van der Waals surface area (Å²) in [5.41, 5.74) is 1.01. The van der Waals surface area contributed by atoms with Gasteiger partial charge in [-0.15, -0.1) is 0 Å². The van der Waals surface area contributed by atoms with Crippen LogP contribution in [0.15, 0.2) is 28.7 Å². The molecule has 1 fully saturated rings. The second-order valence-electron chi connectivity index (χ2n) is 4.35. The number of ether oxygens (including phenoxy) is 1. The van der Waals surface area contributed by atoms with Gasteiger partial charge in [0.25, 0.3) is 0 Å². The maximum absolute atomic E-state index is 11.6. The van der Waals surface area contributed by atoms with Gasteiger partial charge in [-0.1, -0.05) is 28.1 Å². The molecule has 0 bridgehead atoms. The normalized spacial score (nSPS) is 19.2. The smallest absolute Gasteiger partial charge is 0.306 e. The van der Waals surface area contributed by atoms with Crippen molar-refractivity contribution in [1.82, 2.24) is 5.32 Å². The Morgan fingerprint density at radius 3 is 3.12 bits per heavy atom. The molecule has 3 nitrogen and oxygen atoms in total. The van der Waals surface area contributed by atoms with E-state index in [0.29, 0.717) is 18.9 Å². The molecule has 1 aromatic rings. The Balaban J connectivity index is 1.75. The lowest BCUT2D eigenvalue weighted by Gasteiger charge is -2.08. The fourth-order valence-corrected chi connectivity index (χ4v) is 2.42. The summed E-state index contributed by atoms with van der Waals surface area (Å²) < 4.78 is 6.26. The van der Waals surface area contributed by atoms with E-state index in [0.717, 1.165) is 29.5 Å². The molecule has 92 valence electrons. The third-order valence-corrected chi connectivity index (χ3v) is 3.40. The third kappa shape index (κ3) is 4.13. The standard InChI is InChI=1S/C13H16BrNO2/c14-12-3-1-2-11(6-12)9-17-13(16)7-10-4-5-15-8-10/h1-3,6,10,15H,4-5,7-9H2. The molecule has 2 rings (SSSR count). The van der Waals surface area contributed by atoms with E-state index >= 15 is 0 Å². The Hall–Kier alpha value is -0.870. The first kappa shape index (κ1) is 12.6. The number of nitrogens with one attached hydrogen (secondary N) is 1. The lowest BCUT2D eigenvalue weighted by molar-refractivity contribution is -0.145. The summed E-state index contributed by atoms with van der Waals surface area (Å²) in [5.74, 6) is 0.351. The zero-order valence-corrected chi connectivity index (χ0v) is 11.2. The van der Waals surface area contributed by atoms with Gasteiger partial charge < -0.3 is 10.1 Å². The van der Waals surface area contributed by atoms with Crippen LogP contribution in [0.5, 0.6) is 0 Å². The summed E-state index contributed by atoms with van der Waals surface area (Å²) in [4.78, 5) is 11.6. The maximum Gasteiger partial charge on any atom is 0.306 e. The van der Waals surface area contributed by atoms with E-state index < -0.39 is 0 Å². The molecule has 4 heteroatoms. The number of halogens is 1. The number of benzene rings is 1. The van der Waals surface area contributed by atoms with E-state index in [2.05, 4.69) is 21.2 Å². The number of carbonyl (C=O) groups is 1. The van der Waals surface area contributed by atoms with Gasteiger partial charge >= 0.3 is 5.97 Å². The molecule has 0 radical (unpaired) electrons. The second-order valence-corrected chi connectivity index (χ2v) is 5.27. The molecule has 1 atom stereocenters. The number of hydrogen-bond acceptors (Lipinski definition) is 3. The number of carbonyl (C=O) groups excluding carboxylic acids is 1. The van der Waals surface area contributed by atoms with Gasteiger partial charge in [0.1, 0.15) is 6.61 Å². The lowest BCUT2D eigenvalue weighted by atomic mass is 10.1. The van der Waals surface area contributed by atoms with Crippen LogP contribution in [0.25, 0.3) is 0 Å². The van der Waals surface area contributed by atoms with E-state index in [9.17, 15) is 4.79 Å². The summed E-state index contributed by atoms with van der Waals surface area (Å²) in [7, 11) is 0. The van der Waals surface area contributed by atoms with Crippen LogP contribution in [0.3, 0.4) is 0 Å². The highest BCUT2D eigenvalue weighted by molar-refractivity contribution is 9.10. The van der Waals surface area contributed by atoms with Crippen molar-refractivity contribution in [2.45, 2.75) is 19.4 Å². The predicted molar refractivity (Wildman–Crippen MR) is 69.5 cm³/mol. The molecule has 0 saturated carbocycles. The molecule has 0 aliphatic carbocycles. The average molecular weight is 298 g/mol. The Morgan fingerprint density at radius 2 is 2.41 bits per heavy atom. The number of rotatable bonds is 4. The van der Waals surface area contributed by atoms with Crippen LogP contribution in [-0.2, 0) is 16.1 Å². The third-order valence-electron chi connectivity index (χ3n) is 2.91. The zero-order valence-electron chi connectivity index (χ0n) is 9.62. The minimum atomic E-state index is -0.0984. The van der Waals surface area contributed by atoms with Gasteiger partial charge in [0.15, 0.2) is 0 Å². The van der Waals surface area contributed by atoms with Crippen molar-refractivity contribution in [2.75, 3.05) is 13.1 Å². The summed E-state index contributed by atoms with van der Waals surface area (Å²) in [6.45, 7) is 2.31. The highest BCUT2D eigenvalue weighted by Crippen LogP contribution is 2.15. The fourth-order valence-electron chi connectivity index (χ4n) is 1.97. The minimum Gasteiger partial charge on any atom is -0.461 e. The van der Waals surface area contributed by atoms with E-state index in [1.54, 1.807) is 0 Å². The molecule has 0 amide bonds. The molecular weight excluding hydrogens is 282 g/mol. The van der Waals surface area contributed by atoms with Crippen LogP contribution < -0.4 is 5.32 Å². The van der Waals surface area contributed by atoms with Gasteiger partial charge in [-0.2, -0.15) is 0 Å². The van der Waals surface area contributed by atoms with Crippen molar-refractivity contribution in [1.29, 1.82) is 0 Å². The van der Waals surface area contributed by atoms with E-state index in [-0.39, 0.29) is 5.97 Å². The summed E-state index contributed by atoms with van der Waals surface area (Å²) in [5, 5.41) is 3.24. The molecule has 1 aliphatic rings. The van der Waals surface area contributed by atoms with Crippen LogP contribution in [0.4, 0.5) is 0 Å². The Kier molecular flexibility index (Phi) is 4.57. The van der Waals surface area contributed by atoms with Crippen LogP contribution in [0.2, 0.25) is 0 Å². The molecule has 1 aliphatic heterocycles. The fraction of sp³-hybridized carbons (Fsp3) is 0.462. The minimum absolute atomic E-state index is 0.0984. The molecule has 0 aromatic heterocycles. The summed E-state index contributed by atoms with van der Waals surface area (Å²) >= 11 is 3.39. The van der Waals surface area contributed by atoms with Crippen LogP contribution in [0.1, 0.15) is 18.4 Å². The lowest BCUT2D eigenvalue weighted by Crippen LogP contribution is -2.14. The summed E-state index contributed by atoms with van der Waals surface area (Å²) in [6, 6.07) is 7.81. The van der Waals surface area contributed by atoms with Gasteiger partial charge in [-0.05, 0) is 43.1 Å². The Morgan fingerprint density at radius 1 is 1.53 bits per heavy atom. The molecule has 17 heavy (non-hydrogen) atoms. The monoisotopic (exact) mass is 297 g/mol. The molecule has 1 unspecified atom stereocenters. The van der Waals surface area contributed by atoms with Gasteiger partial charge in [0.05, 0.1) is 0 Å². The summed E-state index contributed by atoms with van der Waals surface area (Å²) in [6.07, 6.45) is 1.60. The van der Waals surface area contributed by atoms with Crippen LogP contribution in [0, 0.1) is 5.92 Å². The Bertz CT molecular complexity index is 389. The highest BCUT2D eigenvalue weighted by Gasteiger charge is 2.18. The first-order valence-electron chi connectivity index (χ1n) is 5.85. The van der Waals surface area contributed by atoms with E-state index in [1.807, 2.05) is 24.3 Å². The first-order valence-corrected chi connectivity index (χ1v) is 6.64. The van der Waals surface area contributed by atoms with Gasteiger partial charge in [0, 0.05) is 10.9 Å². The molecule has 1 aromatic carbocycles. The molecule has 0 spiro atoms. The second kappa shape index (κ2) is 6.17. The predicted octanol–water partition coefficient (Wildman–Crippen LogP) is 2.49. The largest absolute Gasteiger partial charge is 0.461 e. The number of hydrogen-bond donors (Lipinski definition) is 1. The van der Waals surface area contributed by atoms with Gasteiger partial charge in [0.2, 0.25) is 0 Å². The van der Waals surface area contributed by atoms with Crippen molar-refractivity contribution in [3.8, 4) is 0 Å². The van der Waals surface area contributed by atoms with Crippen LogP contribution >= 0.6 is 15.9 Å². The molecule has 1 N–H and O–H groups in total. The van der Waals surface area contributed by atoms with Crippen molar-refractivity contribution in [3.63, 3.8) is 0 Å². The van der Waals surface area contributed by atoms with Crippen molar-refractivity contribution >= 4 is 21.9 Å². The quantitative estimate of drug-likeness (QED) is 0.868. The molecule has 1 saturated heterocycles. The molecule has 1 heterocycles. The van der Waals surface area contributed by atoms with E-state index in [1.165, 1.54) is 0 Å². The Labute approximate surface area is 110 Å². The maximum atomic E-state index is 11.6. The highest BCUT2D eigenvalue weighted by atomic mass is 79.9. The SMILES string of the molecule is O=C(CC1CCNC1)OCc1cccc(Br)c1.